The molecule has 1 rings (SSSR count). The molecule has 0 radical (unpaired) electrons. The van der Waals surface area contributed by atoms with Gasteiger partial charge in [0.2, 0.25) is 0 Å². The minimum atomic E-state index is -0.122. The van der Waals surface area contributed by atoms with Crippen LogP contribution >= 0.6 is 0 Å². The molecule has 0 aromatic rings. The van der Waals surface area contributed by atoms with Crippen LogP contribution in [0.15, 0.2) is 0 Å². The fraction of sp³-hybridized carbons (Fsp3) is 1.00. The molecule has 1 aliphatic rings. The lowest BCUT2D eigenvalue weighted by Gasteiger charge is -2.06. The molecule has 1 fully saturated rings. The lowest BCUT2D eigenvalue weighted by Crippen LogP contribution is -2.00. The first-order valence-corrected chi connectivity index (χ1v) is 6.59. The van der Waals surface area contributed by atoms with Crippen molar-refractivity contribution in [2.75, 3.05) is 6.61 Å². The lowest BCUT2D eigenvalue weighted by molar-refractivity contribution is 0.356. The van der Waals surface area contributed by atoms with Crippen molar-refractivity contribution in [2.45, 2.75) is 45.1 Å². The predicted octanol–water partition coefficient (Wildman–Crippen LogP) is 2.11. The molecule has 0 aromatic carbocycles. The molecule has 0 aromatic heterocycles. The van der Waals surface area contributed by atoms with E-state index in [1.54, 1.807) is 0 Å². The summed E-state index contributed by atoms with van der Waals surface area (Å²) in [4.78, 5) is 0. The van der Waals surface area contributed by atoms with Crippen LogP contribution in [0.1, 0.15) is 39.0 Å². The predicted molar refractivity (Wildman–Crippen MR) is 51.6 cm³/mol. The normalized spacial score (nSPS) is 20.5. The summed E-state index contributed by atoms with van der Waals surface area (Å²) in [7, 11) is -0.122. The van der Waals surface area contributed by atoms with Crippen molar-refractivity contribution in [3.63, 3.8) is 0 Å². The maximum absolute atomic E-state index is 5.43. The first-order valence-electron chi connectivity index (χ1n) is 5.01. The molecule has 1 nitrogen and oxygen atoms in total. The SMILES string of the molecule is CCO[SiH2]CCC1CCCC1. The van der Waals surface area contributed by atoms with E-state index in [4.69, 9.17) is 4.43 Å². The Kier molecular flexibility index (Phi) is 4.87. The van der Waals surface area contributed by atoms with Gasteiger partial charge in [-0.05, 0) is 18.9 Å². The van der Waals surface area contributed by atoms with Crippen LogP contribution in [-0.4, -0.2) is 16.4 Å². The van der Waals surface area contributed by atoms with E-state index in [1.165, 1.54) is 38.1 Å². The number of hydrogen-bond acceptors (Lipinski definition) is 1. The van der Waals surface area contributed by atoms with Crippen molar-refractivity contribution < 1.29 is 4.43 Å². The van der Waals surface area contributed by atoms with Crippen molar-refractivity contribution in [3.05, 3.63) is 0 Å². The highest BCUT2D eigenvalue weighted by Gasteiger charge is 2.13. The van der Waals surface area contributed by atoms with Crippen molar-refractivity contribution >= 4 is 9.76 Å². The van der Waals surface area contributed by atoms with Gasteiger partial charge in [-0.15, -0.1) is 0 Å². The zero-order valence-electron chi connectivity index (χ0n) is 7.64. The first kappa shape index (κ1) is 9.27. The largest absolute Gasteiger partial charge is 0.424 e. The molecule has 0 heterocycles. The van der Waals surface area contributed by atoms with Crippen molar-refractivity contribution in [1.29, 1.82) is 0 Å². The molecule has 0 saturated heterocycles. The standard InChI is InChI=1S/C9H20OSi/c1-2-10-11-8-7-9-5-3-4-6-9/h9H,2-8,11H2,1H3. The quantitative estimate of drug-likeness (QED) is 0.456. The maximum Gasteiger partial charge on any atom is 0.161 e. The molecule has 0 spiro atoms. The highest BCUT2D eigenvalue weighted by molar-refractivity contribution is 6.26. The minimum Gasteiger partial charge on any atom is -0.424 e. The highest BCUT2D eigenvalue weighted by Crippen LogP contribution is 2.28. The van der Waals surface area contributed by atoms with E-state index < -0.39 is 0 Å². The van der Waals surface area contributed by atoms with E-state index in [2.05, 4.69) is 6.92 Å². The average Bonchev–Trinajstić information content (AvgIpc) is 2.50. The summed E-state index contributed by atoms with van der Waals surface area (Å²) < 4.78 is 5.43. The molecular formula is C9H20OSi. The molecule has 1 saturated carbocycles. The summed E-state index contributed by atoms with van der Waals surface area (Å²) >= 11 is 0. The number of rotatable bonds is 5. The number of hydrogen-bond donors (Lipinski definition) is 0. The Balaban J connectivity index is 1.86. The van der Waals surface area contributed by atoms with E-state index in [-0.39, 0.29) is 9.76 Å². The van der Waals surface area contributed by atoms with E-state index in [0.29, 0.717) is 0 Å². The van der Waals surface area contributed by atoms with Gasteiger partial charge in [-0.3, -0.25) is 0 Å². The third-order valence-electron chi connectivity index (χ3n) is 2.58. The zero-order valence-corrected chi connectivity index (χ0v) is 9.06. The summed E-state index contributed by atoms with van der Waals surface area (Å²) in [5.74, 6) is 1.07. The van der Waals surface area contributed by atoms with Gasteiger partial charge in [-0.25, -0.2) is 0 Å². The molecule has 1 aliphatic carbocycles. The average molecular weight is 172 g/mol. The van der Waals surface area contributed by atoms with Gasteiger partial charge in [0.25, 0.3) is 0 Å². The van der Waals surface area contributed by atoms with E-state index in [9.17, 15) is 0 Å². The maximum atomic E-state index is 5.43. The Morgan fingerprint density at radius 3 is 2.73 bits per heavy atom. The molecule has 66 valence electrons. The Hall–Kier alpha value is 0.177. The molecule has 0 unspecified atom stereocenters. The van der Waals surface area contributed by atoms with Crippen LogP contribution in [0, 0.1) is 5.92 Å². The van der Waals surface area contributed by atoms with Gasteiger partial charge < -0.3 is 4.43 Å². The van der Waals surface area contributed by atoms with Crippen LogP contribution in [-0.2, 0) is 4.43 Å². The monoisotopic (exact) mass is 172 g/mol. The Morgan fingerprint density at radius 2 is 2.09 bits per heavy atom. The fourth-order valence-corrected chi connectivity index (χ4v) is 3.15. The molecule has 2 heteroatoms. The summed E-state index contributed by atoms with van der Waals surface area (Å²) in [6.45, 7) is 3.04. The first-order chi connectivity index (χ1) is 5.43. The molecular weight excluding hydrogens is 152 g/mol. The van der Waals surface area contributed by atoms with Crippen LogP contribution in [0.4, 0.5) is 0 Å². The van der Waals surface area contributed by atoms with E-state index >= 15 is 0 Å². The summed E-state index contributed by atoms with van der Waals surface area (Å²) in [5, 5.41) is 0. The van der Waals surface area contributed by atoms with E-state index in [0.717, 1.165) is 12.5 Å². The Labute approximate surface area is 72.5 Å². The van der Waals surface area contributed by atoms with Crippen LogP contribution in [0.3, 0.4) is 0 Å². The van der Waals surface area contributed by atoms with Gasteiger partial charge in [0, 0.05) is 6.61 Å². The fourth-order valence-electron chi connectivity index (χ4n) is 1.92. The van der Waals surface area contributed by atoms with Crippen LogP contribution < -0.4 is 0 Å². The second-order valence-electron chi connectivity index (χ2n) is 3.49. The van der Waals surface area contributed by atoms with Crippen molar-refractivity contribution in [3.8, 4) is 0 Å². The second-order valence-corrected chi connectivity index (χ2v) is 5.01. The van der Waals surface area contributed by atoms with Crippen molar-refractivity contribution in [2.24, 2.45) is 5.92 Å². The van der Waals surface area contributed by atoms with E-state index in [1.807, 2.05) is 0 Å². The molecule has 0 aliphatic heterocycles. The molecule has 0 bridgehead atoms. The van der Waals surface area contributed by atoms with Gasteiger partial charge in [0.1, 0.15) is 0 Å². The Morgan fingerprint density at radius 1 is 1.36 bits per heavy atom. The van der Waals surface area contributed by atoms with Gasteiger partial charge in [0.15, 0.2) is 9.76 Å². The summed E-state index contributed by atoms with van der Waals surface area (Å²) in [6.07, 6.45) is 7.44. The lowest BCUT2D eigenvalue weighted by atomic mass is 10.1. The third-order valence-corrected chi connectivity index (χ3v) is 3.97. The smallest absolute Gasteiger partial charge is 0.161 e. The topological polar surface area (TPSA) is 9.23 Å². The van der Waals surface area contributed by atoms with Crippen LogP contribution in [0.5, 0.6) is 0 Å². The molecule has 0 atom stereocenters. The zero-order chi connectivity index (χ0) is 7.94. The van der Waals surface area contributed by atoms with Crippen LogP contribution in [0.2, 0.25) is 6.04 Å². The highest BCUT2D eigenvalue weighted by atomic mass is 28.2. The Bertz CT molecular complexity index is 89.6. The van der Waals surface area contributed by atoms with Gasteiger partial charge in [-0.1, -0.05) is 32.1 Å². The van der Waals surface area contributed by atoms with Gasteiger partial charge >= 0.3 is 0 Å². The second kappa shape index (κ2) is 5.78. The van der Waals surface area contributed by atoms with Crippen molar-refractivity contribution in [1.82, 2.24) is 0 Å². The summed E-state index contributed by atoms with van der Waals surface area (Å²) in [6, 6.07) is 1.42. The molecule has 11 heavy (non-hydrogen) atoms. The molecule has 0 N–H and O–H groups in total. The van der Waals surface area contributed by atoms with Gasteiger partial charge in [0.05, 0.1) is 0 Å². The summed E-state index contributed by atoms with van der Waals surface area (Å²) in [5.41, 5.74) is 0. The van der Waals surface area contributed by atoms with Gasteiger partial charge in [-0.2, -0.15) is 0 Å². The minimum absolute atomic E-state index is 0.122. The third kappa shape index (κ3) is 3.92. The van der Waals surface area contributed by atoms with Crippen LogP contribution in [0.25, 0.3) is 0 Å². The molecule has 0 amide bonds.